The van der Waals surface area contributed by atoms with Gasteiger partial charge in [0, 0.05) is 0 Å². The number of amidine groups is 2. The molecule has 0 fully saturated rings. The molecule has 1 amide bonds. The van der Waals surface area contributed by atoms with Crippen LogP contribution in [0.25, 0.3) is 6.08 Å². The highest BCUT2D eigenvalue weighted by molar-refractivity contribution is 8.26. The molecule has 2 aliphatic rings. The molecule has 9 nitrogen and oxygen atoms in total. The number of carbonyl (C=O) groups excluding carboxylic acids is 1. The number of carbonyl (C=O) groups is 1. The minimum absolute atomic E-state index is 0.0151. The van der Waals surface area contributed by atoms with Crippen molar-refractivity contribution >= 4 is 49.9 Å². The fourth-order valence-electron chi connectivity index (χ4n) is 3.05. The molecule has 2 aromatic rings. The van der Waals surface area contributed by atoms with Gasteiger partial charge < -0.3 is 8.92 Å². The normalized spacial score (nSPS) is 17.0. The second-order valence-corrected chi connectivity index (χ2v) is 9.44. The average Bonchev–Trinajstić information content (AvgIpc) is 3.22. The third kappa shape index (κ3) is 4.69. The molecule has 2 aromatic carbocycles. The van der Waals surface area contributed by atoms with E-state index in [0.717, 1.165) is 5.04 Å². The summed E-state index contributed by atoms with van der Waals surface area (Å²) < 4.78 is 36.1. The van der Waals surface area contributed by atoms with Crippen LogP contribution in [0.5, 0.6) is 11.5 Å². The molecule has 0 bridgehead atoms. The molecule has 0 saturated heterocycles. The third-order valence-corrected chi connectivity index (χ3v) is 6.91. The van der Waals surface area contributed by atoms with Gasteiger partial charge in [-0.2, -0.15) is 23.5 Å². The molecule has 0 aromatic heterocycles. The average molecular weight is 485 g/mol. The highest BCUT2D eigenvalue weighted by Crippen LogP contribution is 2.33. The maximum Gasteiger partial charge on any atom is 0.339 e. The van der Waals surface area contributed by atoms with E-state index >= 15 is 0 Å². The minimum Gasteiger partial charge on any atom is -0.490 e. The largest absolute Gasteiger partial charge is 0.490 e. The number of hydrogen-bond donors (Lipinski definition) is 1. The summed E-state index contributed by atoms with van der Waals surface area (Å²) in [7, 11) is -4.05. The van der Waals surface area contributed by atoms with Crippen LogP contribution in [0.4, 0.5) is 0 Å². The van der Waals surface area contributed by atoms with Crippen molar-refractivity contribution in [3.8, 4) is 11.5 Å². The quantitative estimate of drug-likeness (QED) is 0.467. The van der Waals surface area contributed by atoms with Gasteiger partial charge in [-0.05, 0) is 61.0 Å². The van der Waals surface area contributed by atoms with E-state index in [0.29, 0.717) is 17.2 Å². The van der Waals surface area contributed by atoms with Crippen molar-refractivity contribution in [3.63, 3.8) is 0 Å². The molecule has 0 aliphatic carbocycles. The lowest BCUT2D eigenvalue weighted by molar-refractivity contribution is -0.114. The van der Waals surface area contributed by atoms with Crippen LogP contribution in [-0.4, -0.2) is 42.0 Å². The van der Waals surface area contributed by atoms with Gasteiger partial charge in [0.05, 0.1) is 12.2 Å². The van der Waals surface area contributed by atoms with Crippen LogP contribution in [0.2, 0.25) is 0 Å². The van der Waals surface area contributed by atoms with E-state index in [1.165, 1.54) is 41.0 Å². The Kier molecular flexibility index (Phi) is 6.34. The smallest absolute Gasteiger partial charge is 0.339 e. The summed E-state index contributed by atoms with van der Waals surface area (Å²) in [6.07, 6.45) is 2.17. The summed E-state index contributed by atoms with van der Waals surface area (Å²) in [6, 6.07) is 12.4. The maximum atomic E-state index is 12.6. The highest BCUT2D eigenvalue weighted by atomic mass is 32.2. The van der Waals surface area contributed by atoms with E-state index in [9.17, 15) is 13.2 Å². The Labute approximate surface area is 195 Å². The lowest BCUT2D eigenvalue weighted by Gasteiger charge is -2.20. The summed E-state index contributed by atoms with van der Waals surface area (Å²) in [5.74, 6) is -0.420. The van der Waals surface area contributed by atoms with E-state index in [2.05, 4.69) is 10.1 Å². The van der Waals surface area contributed by atoms with E-state index in [1.807, 2.05) is 6.92 Å². The Morgan fingerprint density at radius 2 is 1.88 bits per heavy atom. The Balaban J connectivity index is 1.66. The number of amides is 1. The molecule has 33 heavy (non-hydrogen) atoms. The first kappa shape index (κ1) is 22.7. The molecular formula is C22H20N4O5S2. The Bertz CT molecular complexity index is 1320. The van der Waals surface area contributed by atoms with Gasteiger partial charge in [0.15, 0.2) is 17.3 Å². The molecule has 1 N–H and O–H groups in total. The van der Waals surface area contributed by atoms with Gasteiger partial charge in [0.25, 0.3) is 5.91 Å². The van der Waals surface area contributed by atoms with Crippen molar-refractivity contribution in [2.45, 2.75) is 25.2 Å². The Morgan fingerprint density at radius 3 is 2.58 bits per heavy atom. The molecular weight excluding hydrogens is 464 g/mol. The maximum absolute atomic E-state index is 12.6. The van der Waals surface area contributed by atoms with Crippen molar-refractivity contribution in [1.29, 1.82) is 5.41 Å². The zero-order chi connectivity index (χ0) is 23.6. The van der Waals surface area contributed by atoms with Crippen LogP contribution >= 0.6 is 11.8 Å². The van der Waals surface area contributed by atoms with Crippen LogP contribution in [0, 0.1) is 5.41 Å². The fourth-order valence-corrected chi connectivity index (χ4v) is 4.83. The number of rotatable bonds is 7. The second-order valence-electron chi connectivity index (χ2n) is 6.86. The third-order valence-electron chi connectivity index (χ3n) is 4.61. The van der Waals surface area contributed by atoms with Crippen LogP contribution < -0.4 is 8.92 Å². The summed E-state index contributed by atoms with van der Waals surface area (Å²) in [4.78, 5) is 16.6. The van der Waals surface area contributed by atoms with Crippen LogP contribution in [0.15, 0.2) is 69.1 Å². The molecule has 170 valence electrons. The first-order valence-corrected chi connectivity index (χ1v) is 12.3. The summed E-state index contributed by atoms with van der Waals surface area (Å²) >= 11 is 1.27. The minimum atomic E-state index is -4.05. The summed E-state index contributed by atoms with van der Waals surface area (Å²) in [6.45, 7) is 3.96. The van der Waals surface area contributed by atoms with Crippen molar-refractivity contribution in [1.82, 2.24) is 5.01 Å². The lowest BCUT2D eigenvalue weighted by atomic mass is 10.1. The number of benzene rings is 2. The molecule has 0 unspecified atom stereocenters. The monoisotopic (exact) mass is 484 g/mol. The summed E-state index contributed by atoms with van der Waals surface area (Å²) in [5.41, 5.74) is 0.578. The van der Waals surface area contributed by atoms with Crippen molar-refractivity contribution < 1.29 is 22.1 Å². The van der Waals surface area contributed by atoms with Crippen molar-refractivity contribution in [2.24, 2.45) is 10.1 Å². The van der Waals surface area contributed by atoms with E-state index in [4.69, 9.17) is 14.3 Å². The second kappa shape index (κ2) is 9.20. The number of ether oxygens (including phenoxy) is 1. The predicted molar refractivity (Wildman–Crippen MR) is 127 cm³/mol. The van der Waals surface area contributed by atoms with Crippen LogP contribution in [0.3, 0.4) is 0 Å². The number of fused-ring (bicyclic) bond motifs is 1. The lowest BCUT2D eigenvalue weighted by Crippen LogP contribution is -2.35. The van der Waals surface area contributed by atoms with Gasteiger partial charge in [-0.25, -0.2) is 0 Å². The number of nitrogens with zero attached hydrogens (tertiary/aromatic N) is 3. The number of hydrazone groups is 1. The topological polar surface area (TPSA) is 121 Å². The molecule has 11 heteroatoms. The van der Waals surface area contributed by atoms with E-state index < -0.39 is 16.0 Å². The molecule has 2 heterocycles. The Hall–Kier alpha value is -3.44. The molecule has 0 radical (unpaired) electrons. The molecule has 4 rings (SSSR count). The number of nitrogens with one attached hydrogen (secondary N) is 1. The van der Waals surface area contributed by atoms with Gasteiger partial charge in [-0.3, -0.25) is 10.2 Å². The summed E-state index contributed by atoms with van der Waals surface area (Å²) in [5, 5.41) is 15.2. The standard InChI is InChI=1S/C22H20N4O5S2/c1-3-19-25-26-20(23)16(21(27)24-22(26)32-19)12-14-10-11-17(18(13-14)30-4-2)31-33(28,29)15-8-6-5-7-9-15/h5-13,23H,3-4H2,1-2H3/b16-12+,23-20?. The number of aliphatic imine (C=N–C) groups is 1. The van der Waals surface area contributed by atoms with Crippen molar-refractivity contribution in [2.75, 3.05) is 6.61 Å². The van der Waals surface area contributed by atoms with Gasteiger partial charge in [0.1, 0.15) is 9.94 Å². The van der Waals surface area contributed by atoms with Gasteiger partial charge in [0.2, 0.25) is 5.17 Å². The van der Waals surface area contributed by atoms with Crippen molar-refractivity contribution in [3.05, 3.63) is 59.7 Å². The van der Waals surface area contributed by atoms with E-state index in [-0.39, 0.29) is 34.4 Å². The molecule has 2 aliphatic heterocycles. The number of thioether (sulfide) groups is 1. The highest BCUT2D eigenvalue weighted by Gasteiger charge is 2.35. The van der Waals surface area contributed by atoms with Crippen LogP contribution in [-0.2, 0) is 14.9 Å². The predicted octanol–water partition coefficient (Wildman–Crippen LogP) is 3.88. The molecule has 0 atom stereocenters. The molecule has 0 spiro atoms. The SMILES string of the molecule is CCOc1cc(/C=C2\C(=N)N3N=C(CC)SC3=NC2=O)ccc1OS(=O)(=O)c1ccccc1. The fraction of sp³-hybridized carbons (Fsp3) is 0.182. The van der Waals surface area contributed by atoms with Gasteiger partial charge in [-0.1, -0.05) is 31.2 Å². The first-order chi connectivity index (χ1) is 15.8. The zero-order valence-corrected chi connectivity index (χ0v) is 19.4. The van der Waals surface area contributed by atoms with Crippen LogP contribution in [0.1, 0.15) is 25.8 Å². The Morgan fingerprint density at radius 1 is 1.12 bits per heavy atom. The van der Waals surface area contributed by atoms with Gasteiger partial charge >= 0.3 is 10.1 Å². The molecule has 0 saturated carbocycles. The zero-order valence-electron chi connectivity index (χ0n) is 17.8. The first-order valence-electron chi connectivity index (χ1n) is 10.1. The van der Waals surface area contributed by atoms with Gasteiger partial charge in [-0.15, -0.1) is 0 Å². The number of hydrogen-bond acceptors (Lipinski definition) is 8. The van der Waals surface area contributed by atoms with E-state index in [1.54, 1.807) is 37.3 Å².